The highest BCUT2D eigenvalue weighted by Gasteiger charge is 2.16. The number of hydrogen-bond donors (Lipinski definition) is 1. The first kappa shape index (κ1) is 18.1. The Labute approximate surface area is 159 Å². The van der Waals surface area contributed by atoms with Crippen molar-refractivity contribution in [1.82, 2.24) is 4.98 Å². The maximum absolute atomic E-state index is 11.7. The Morgan fingerprint density at radius 1 is 1.23 bits per heavy atom. The van der Waals surface area contributed by atoms with Crippen LogP contribution in [-0.4, -0.2) is 29.4 Å². The van der Waals surface area contributed by atoms with Crippen LogP contribution in [0.25, 0.3) is 11.3 Å². The number of rotatable bonds is 5. The highest BCUT2D eigenvalue weighted by molar-refractivity contribution is 7.15. The first-order chi connectivity index (χ1) is 12.5. The lowest BCUT2D eigenvalue weighted by molar-refractivity contribution is -0.139. The Balaban J connectivity index is 1.93. The van der Waals surface area contributed by atoms with Gasteiger partial charge in [0, 0.05) is 21.7 Å². The molecule has 0 fully saturated rings. The molecule has 2 aromatic carbocycles. The molecule has 0 spiro atoms. The number of phenols is 1. The van der Waals surface area contributed by atoms with E-state index in [-0.39, 0.29) is 18.1 Å². The van der Waals surface area contributed by atoms with Crippen molar-refractivity contribution >= 4 is 40.3 Å². The van der Waals surface area contributed by atoms with E-state index in [2.05, 4.69) is 9.98 Å². The number of thiazole rings is 1. The van der Waals surface area contributed by atoms with Crippen molar-refractivity contribution < 1.29 is 14.6 Å². The van der Waals surface area contributed by atoms with Gasteiger partial charge in [-0.25, -0.2) is 9.98 Å². The summed E-state index contributed by atoms with van der Waals surface area (Å²) in [5, 5.41) is 10.5. The number of aromatic hydroxyl groups is 1. The van der Waals surface area contributed by atoms with E-state index in [1.165, 1.54) is 18.4 Å². The van der Waals surface area contributed by atoms with Gasteiger partial charge in [-0.3, -0.25) is 4.79 Å². The van der Waals surface area contributed by atoms with Gasteiger partial charge < -0.3 is 9.84 Å². The Kier molecular flexibility index (Phi) is 5.65. The Morgan fingerprint density at radius 3 is 2.58 bits per heavy atom. The molecule has 0 unspecified atom stereocenters. The number of aromatic nitrogens is 1. The van der Waals surface area contributed by atoms with Gasteiger partial charge >= 0.3 is 5.97 Å². The summed E-state index contributed by atoms with van der Waals surface area (Å²) in [6.45, 7) is 0. The molecule has 0 saturated heterocycles. The van der Waals surface area contributed by atoms with Crippen LogP contribution in [0.5, 0.6) is 5.75 Å². The zero-order chi connectivity index (χ0) is 18.5. The number of esters is 1. The fourth-order valence-corrected chi connectivity index (χ4v) is 3.28. The molecule has 0 bridgehead atoms. The number of phenolic OH excluding ortho intramolecular Hbond substituents is 1. The van der Waals surface area contributed by atoms with Crippen molar-refractivity contribution in [1.29, 1.82) is 0 Å². The van der Waals surface area contributed by atoms with E-state index in [1.807, 2.05) is 12.1 Å². The average Bonchev–Trinajstić information content (AvgIpc) is 3.04. The highest BCUT2D eigenvalue weighted by atomic mass is 35.5. The number of hydrogen-bond acceptors (Lipinski definition) is 6. The quantitative estimate of drug-likeness (QED) is 0.512. The smallest absolute Gasteiger partial charge is 0.310 e. The standard InChI is InChI=1S/C19H15ClN2O3S/c1-25-17(24)10-16-18(13-4-6-14(20)7-5-13)22-19(26-16)21-11-12-2-8-15(23)9-3-12/h2-9,11,23H,10H2,1H3/b21-11+. The van der Waals surface area contributed by atoms with Gasteiger partial charge in [0.25, 0.3) is 0 Å². The number of nitrogens with zero attached hydrogens (tertiary/aromatic N) is 2. The number of carbonyl (C=O) groups excluding carboxylic acids is 1. The minimum Gasteiger partial charge on any atom is -0.508 e. The maximum Gasteiger partial charge on any atom is 0.310 e. The fraction of sp³-hybridized carbons (Fsp3) is 0.105. The van der Waals surface area contributed by atoms with Crippen LogP contribution in [0.3, 0.4) is 0 Å². The summed E-state index contributed by atoms with van der Waals surface area (Å²) in [7, 11) is 1.36. The molecule has 1 aromatic heterocycles. The molecular weight excluding hydrogens is 372 g/mol. The van der Waals surface area contributed by atoms with Gasteiger partial charge in [-0.15, -0.1) is 0 Å². The average molecular weight is 387 g/mol. The summed E-state index contributed by atoms with van der Waals surface area (Å²) in [6.07, 6.45) is 1.78. The predicted octanol–water partition coefficient (Wildman–Crippen LogP) is 4.64. The molecule has 0 atom stereocenters. The van der Waals surface area contributed by atoms with Crippen molar-refractivity contribution in [3.05, 3.63) is 64.0 Å². The molecule has 0 saturated carbocycles. The van der Waals surface area contributed by atoms with Crippen molar-refractivity contribution in [3.63, 3.8) is 0 Å². The van der Waals surface area contributed by atoms with Crippen LogP contribution >= 0.6 is 22.9 Å². The molecule has 3 aromatic rings. The number of ether oxygens (including phenoxy) is 1. The van der Waals surface area contributed by atoms with Crippen LogP contribution in [0.1, 0.15) is 10.4 Å². The third-order valence-corrected chi connectivity index (χ3v) is 4.77. The molecule has 0 radical (unpaired) electrons. The molecule has 3 rings (SSSR count). The number of benzene rings is 2. The summed E-state index contributed by atoms with van der Waals surface area (Å²) in [4.78, 5) is 21.4. The van der Waals surface area contributed by atoms with E-state index >= 15 is 0 Å². The van der Waals surface area contributed by atoms with Crippen LogP contribution in [-0.2, 0) is 16.0 Å². The monoisotopic (exact) mass is 386 g/mol. The molecule has 26 heavy (non-hydrogen) atoms. The summed E-state index contributed by atoms with van der Waals surface area (Å²) in [6, 6.07) is 13.9. The SMILES string of the molecule is COC(=O)Cc1sc(/N=C/c2ccc(O)cc2)nc1-c1ccc(Cl)cc1. The number of halogens is 1. The van der Waals surface area contributed by atoms with E-state index in [4.69, 9.17) is 16.3 Å². The van der Waals surface area contributed by atoms with Crippen LogP contribution in [0, 0.1) is 0 Å². The predicted molar refractivity (Wildman–Crippen MR) is 104 cm³/mol. The molecule has 1 N–H and O–H groups in total. The summed E-state index contributed by atoms with van der Waals surface area (Å²) in [5.41, 5.74) is 2.38. The lowest BCUT2D eigenvalue weighted by atomic mass is 10.1. The minimum absolute atomic E-state index is 0.126. The zero-order valence-electron chi connectivity index (χ0n) is 13.8. The summed E-state index contributed by atoms with van der Waals surface area (Å²) >= 11 is 7.28. The third-order valence-electron chi connectivity index (χ3n) is 3.55. The number of carbonyl (C=O) groups is 1. The van der Waals surface area contributed by atoms with E-state index in [9.17, 15) is 9.90 Å². The molecule has 0 aliphatic carbocycles. The Bertz CT molecular complexity index is 934. The van der Waals surface area contributed by atoms with Gasteiger partial charge in [0.15, 0.2) is 0 Å². The second-order valence-electron chi connectivity index (χ2n) is 5.38. The van der Waals surface area contributed by atoms with Crippen molar-refractivity contribution in [3.8, 4) is 17.0 Å². The normalized spacial score (nSPS) is 11.0. The van der Waals surface area contributed by atoms with Crippen molar-refractivity contribution in [2.24, 2.45) is 4.99 Å². The van der Waals surface area contributed by atoms with E-state index < -0.39 is 0 Å². The van der Waals surface area contributed by atoms with Gasteiger partial charge in [0.05, 0.1) is 19.2 Å². The molecular formula is C19H15ClN2O3S. The van der Waals surface area contributed by atoms with Crippen molar-refractivity contribution in [2.45, 2.75) is 6.42 Å². The first-order valence-corrected chi connectivity index (χ1v) is 8.90. The fourth-order valence-electron chi connectivity index (χ4n) is 2.24. The van der Waals surface area contributed by atoms with Crippen molar-refractivity contribution in [2.75, 3.05) is 7.11 Å². The molecule has 5 nitrogen and oxygen atoms in total. The Morgan fingerprint density at radius 2 is 1.92 bits per heavy atom. The Hall–Kier alpha value is -2.70. The summed E-state index contributed by atoms with van der Waals surface area (Å²) in [5.74, 6) is -0.139. The number of methoxy groups -OCH3 is 1. The largest absolute Gasteiger partial charge is 0.508 e. The van der Waals surface area contributed by atoms with Gasteiger partial charge in [-0.05, 0) is 42.0 Å². The van der Waals surface area contributed by atoms with Gasteiger partial charge in [0.2, 0.25) is 5.13 Å². The molecule has 132 valence electrons. The molecule has 0 aliphatic rings. The van der Waals surface area contributed by atoms with E-state index in [0.29, 0.717) is 15.8 Å². The molecule has 7 heteroatoms. The van der Waals surface area contributed by atoms with Crippen LogP contribution in [0.15, 0.2) is 53.5 Å². The summed E-state index contributed by atoms with van der Waals surface area (Å²) < 4.78 is 4.77. The topological polar surface area (TPSA) is 71.8 Å². The van der Waals surface area contributed by atoms with Crippen LogP contribution in [0.2, 0.25) is 5.02 Å². The second kappa shape index (κ2) is 8.12. The lowest BCUT2D eigenvalue weighted by Crippen LogP contribution is -2.03. The maximum atomic E-state index is 11.7. The second-order valence-corrected chi connectivity index (χ2v) is 6.88. The van der Waals surface area contributed by atoms with Gasteiger partial charge in [-0.1, -0.05) is 35.1 Å². The zero-order valence-corrected chi connectivity index (χ0v) is 15.4. The lowest BCUT2D eigenvalue weighted by Gasteiger charge is -2.01. The van der Waals surface area contributed by atoms with Gasteiger partial charge in [-0.2, -0.15) is 0 Å². The van der Waals surface area contributed by atoms with Gasteiger partial charge in [0.1, 0.15) is 5.75 Å². The first-order valence-electron chi connectivity index (χ1n) is 7.70. The highest BCUT2D eigenvalue weighted by Crippen LogP contribution is 2.33. The molecule has 0 aliphatic heterocycles. The minimum atomic E-state index is -0.335. The molecule has 1 heterocycles. The van der Waals surface area contributed by atoms with Crippen LogP contribution < -0.4 is 0 Å². The molecule has 0 amide bonds. The van der Waals surface area contributed by atoms with E-state index in [1.54, 1.807) is 42.6 Å². The van der Waals surface area contributed by atoms with E-state index in [0.717, 1.165) is 16.0 Å². The van der Waals surface area contributed by atoms with Crippen LogP contribution in [0.4, 0.5) is 5.13 Å². The number of aliphatic imine (C=N–C) groups is 1. The third kappa shape index (κ3) is 4.47.